The number of nitrogens with one attached hydrogen (secondary N) is 2. The summed E-state index contributed by atoms with van der Waals surface area (Å²) in [5, 5.41) is 11.8. The molecule has 4 N–H and O–H groups in total. The zero-order chi connectivity index (χ0) is 28.3. The number of halogens is 1. The number of anilines is 3. The molecule has 0 bridgehead atoms. The molecule has 0 radical (unpaired) electrons. The second-order valence-corrected chi connectivity index (χ2v) is 10.4. The third kappa shape index (κ3) is 5.12. The average molecular weight is 542 g/mol. The Morgan fingerprint density at radius 1 is 0.975 bits per heavy atom. The van der Waals surface area contributed by atoms with Crippen LogP contribution in [0.5, 0.6) is 0 Å². The number of benzene rings is 3. The molecule has 3 amide bonds. The van der Waals surface area contributed by atoms with E-state index in [2.05, 4.69) is 10.6 Å². The van der Waals surface area contributed by atoms with Gasteiger partial charge >= 0.3 is 0 Å². The van der Waals surface area contributed by atoms with Crippen molar-refractivity contribution < 1.29 is 18.8 Å². The molecule has 3 aromatic rings. The molecule has 0 fully saturated rings. The third-order valence-electron chi connectivity index (χ3n) is 7.80. The lowest BCUT2D eigenvalue weighted by Crippen LogP contribution is -2.38. The van der Waals surface area contributed by atoms with E-state index in [1.807, 2.05) is 43.3 Å². The van der Waals surface area contributed by atoms with Crippen molar-refractivity contribution in [2.45, 2.75) is 56.9 Å². The summed E-state index contributed by atoms with van der Waals surface area (Å²) >= 11 is 0. The number of nitrogens with two attached hydrogens (primary N) is 1. The maximum atomic E-state index is 13.7. The first-order chi connectivity index (χ1) is 19.3. The van der Waals surface area contributed by atoms with Gasteiger partial charge in [0.25, 0.3) is 5.91 Å². The van der Waals surface area contributed by atoms with Crippen molar-refractivity contribution >= 4 is 41.5 Å². The summed E-state index contributed by atoms with van der Waals surface area (Å²) in [6.45, 7) is 1.98. The number of carbonyl (C=O) groups excluding carboxylic acids is 3. The number of fused-ring (bicyclic) bond motifs is 2. The minimum Gasteiger partial charge on any atom is -0.329 e. The van der Waals surface area contributed by atoms with E-state index in [1.165, 1.54) is 17.1 Å². The fraction of sp³-hybridized carbons (Fsp3) is 0.290. The van der Waals surface area contributed by atoms with Crippen LogP contribution in [0.1, 0.15) is 54.9 Å². The van der Waals surface area contributed by atoms with Gasteiger partial charge in [-0.05, 0) is 103 Å². The molecule has 1 aliphatic carbocycles. The lowest BCUT2D eigenvalue weighted by atomic mass is 9.65. The smallest absolute Gasteiger partial charge is 0.253 e. The van der Waals surface area contributed by atoms with Gasteiger partial charge in [0.1, 0.15) is 5.82 Å². The zero-order valence-corrected chi connectivity index (χ0v) is 22.3. The molecule has 1 heterocycles. The lowest BCUT2D eigenvalue weighted by Gasteiger charge is -2.37. The quantitative estimate of drug-likeness (QED) is 0.324. The molecule has 0 saturated heterocycles. The number of nitrogens with zero attached hydrogens (tertiary/aromatic N) is 2. The fourth-order valence-corrected chi connectivity index (χ4v) is 6.03. The summed E-state index contributed by atoms with van der Waals surface area (Å²) in [5.74, 6) is -0.586. The summed E-state index contributed by atoms with van der Waals surface area (Å²) in [7, 11) is 0. The molecular weight excluding hydrogens is 509 g/mol. The van der Waals surface area contributed by atoms with Crippen molar-refractivity contribution in [1.29, 1.82) is 0 Å². The van der Waals surface area contributed by atoms with Crippen LogP contribution in [0.15, 0.2) is 65.8 Å². The normalized spacial score (nSPS) is 16.3. The summed E-state index contributed by atoms with van der Waals surface area (Å²) in [6, 6.07) is 17.5. The number of rotatable bonds is 10. The molecule has 1 atom stereocenters. The van der Waals surface area contributed by atoms with Gasteiger partial charge in [0.05, 0.1) is 23.2 Å². The van der Waals surface area contributed by atoms with E-state index in [0.29, 0.717) is 54.9 Å². The Kier molecular flexibility index (Phi) is 7.75. The molecule has 0 saturated carbocycles. The molecule has 206 valence electrons. The van der Waals surface area contributed by atoms with Crippen molar-refractivity contribution in [3.8, 4) is 0 Å². The van der Waals surface area contributed by atoms with E-state index in [4.69, 9.17) is 10.8 Å². The largest absolute Gasteiger partial charge is 0.329 e. The Morgan fingerprint density at radius 2 is 1.55 bits per heavy atom. The van der Waals surface area contributed by atoms with Crippen molar-refractivity contribution in [3.05, 3.63) is 88.7 Å². The predicted octanol–water partition coefficient (Wildman–Crippen LogP) is 4.66. The Hall–Kier alpha value is -4.37. The second-order valence-electron chi connectivity index (χ2n) is 10.4. The van der Waals surface area contributed by atoms with Crippen LogP contribution in [-0.2, 0) is 32.6 Å². The Morgan fingerprint density at radius 3 is 2.08 bits per heavy atom. The molecule has 2 aliphatic rings. The maximum absolute atomic E-state index is 13.7. The number of hydrogen-bond acceptors (Lipinski definition) is 5. The monoisotopic (exact) mass is 541 g/mol. The predicted molar refractivity (Wildman–Crippen MR) is 154 cm³/mol. The van der Waals surface area contributed by atoms with Gasteiger partial charge in [0.2, 0.25) is 12.8 Å². The SMILES string of the molecule is C[C@@H](N)CCCC1(C2=NN(c3ccc(F)cc3)C(=O)C2)c2ccc(NC=O)cc2CCc2cc(NC=O)ccc21. The zero-order valence-electron chi connectivity index (χ0n) is 22.3. The highest BCUT2D eigenvalue weighted by Crippen LogP contribution is 2.48. The highest BCUT2D eigenvalue weighted by Gasteiger charge is 2.47. The van der Waals surface area contributed by atoms with E-state index in [0.717, 1.165) is 35.1 Å². The van der Waals surface area contributed by atoms with E-state index >= 15 is 0 Å². The summed E-state index contributed by atoms with van der Waals surface area (Å²) in [5.41, 5.74) is 12.1. The van der Waals surface area contributed by atoms with E-state index in [-0.39, 0.29) is 18.4 Å². The van der Waals surface area contributed by atoms with Crippen LogP contribution >= 0.6 is 0 Å². The van der Waals surface area contributed by atoms with Gasteiger partial charge < -0.3 is 16.4 Å². The number of hydrazone groups is 1. The van der Waals surface area contributed by atoms with E-state index < -0.39 is 11.2 Å². The third-order valence-corrected chi connectivity index (χ3v) is 7.80. The topological polar surface area (TPSA) is 117 Å². The molecule has 8 nitrogen and oxygen atoms in total. The highest BCUT2D eigenvalue weighted by atomic mass is 19.1. The van der Waals surface area contributed by atoms with Crippen molar-refractivity contribution in [2.24, 2.45) is 10.8 Å². The molecule has 0 unspecified atom stereocenters. The van der Waals surface area contributed by atoms with E-state index in [9.17, 15) is 18.8 Å². The fourth-order valence-electron chi connectivity index (χ4n) is 6.03. The number of aryl methyl sites for hydroxylation is 2. The number of carbonyl (C=O) groups is 3. The molecule has 1 aliphatic heterocycles. The second kappa shape index (κ2) is 11.4. The first-order valence-corrected chi connectivity index (χ1v) is 13.4. The Labute approximate surface area is 232 Å². The van der Waals surface area contributed by atoms with Gasteiger partial charge in [0.15, 0.2) is 0 Å². The molecule has 3 aromatic carbocycles. The molecule has 0 spiro atoms. The van der Waals surface area contributed by atoms with Gasteiger partial charge in [-0.2, -0.15) is 5.10 Å². The van der Waals surface area contributed by atoms with Gasteiger partial charge in [-0.1, -0.05) is 18.6 Å². The molecule has 9 heteroatoms. The Balaban J connectivity index is 1.74. The van der Waals surface area contributed by atoms with Crippen LogP contribution in [0.2, 0.25) is 0 Å². The van der Waals surface area contributed by atoms with Crippen LogP contribution in [0.25, 0.3) is 0 Å². The average Bonchev–Trinajstić information content (AvgIpc) is 3.27. The number of hydrogen-bond donors (Lipinski definition) is 3. The van der Waals surface area contributed by atoms with Crippen LogP contribution < -0.4 is 21.4 Å². The molecule has 0 aromatic heterocycles. The minimum atomic E-state index is -0.764. The summed E-state index contributed by atoms with van der Waals surface area (Å²) in [4.78, 5) is 35.9. The van der Waals surface area contributed by atoms with Crippen LogP contribution in [0.3, 0.4) is 0 Å². The van der Waals surface area contributed by atoms with Crippen molar-refractivity contribution in [1.82, 2.24) is 0 Å². The van der Waals surface area contributed by atoms with Crippen molar-refractivity contribution in [2.75, 3.05) is 15.6 Å². The molecule has 5 rings (SSSR count). The summed E-state index contributed by atoms with van der Waals surface area (Å²) in [6.07, 6.45) is 5.00. The summed E-state index contributed by atoms with van der Waals surface area (Å²) < 4.78 is 13.7. The van der Waals surface area contributed by atoms with Crippen LogP contribution in [-0.4, -0.2) is 30.5 Å². The molecular formula is C31H32FN5O3. The first-order valence-electron chi connectivity index (χ1n) is 13.4. The maximum Gasteiger partial charge on any atom is 0.253 e. The van der Waals surface area contributed by atoms with Crippen LogP contribution in [0.4, 0.5) is 21.5 Å². The standard InChI is InChI=1S/C31H32FN5O3/c1-20(33)3-2-14-31(29-17-30(40)37(36-29)26-10-6-23(32)7-11-26)27-12-8-24(34-18-38)15-21(27)4-5-22-16-25(35-19-39)9-13-28(22)31/h6-13,15-16,18-20H,2-5,14,17,33H2,1H3,(H,34,38)(H,35,39)/t20-/m1/s1. The minimum absolute atomic E-state index is 0.00275. The van der Waals surface area contributed by atoms with Gasteiger partial charge in [-0.3, -0.25) is 14.4 Å². The van der Waals surface area contributed by atoms with Crippen LogP contribution in [0, 0.1) is 5.82 Å². The lowest BCUT2D eigenvalue weighted by molar-refractivity contribution is -0.117. The highest BCUT2D eigenvalue weighted by molar-refractivity contribution is 6.18. The number of amides is 3. The van der Waals surface area contributed by atoms with Crippen molar-refractivity contribution in [3.63, 3.8) is 0 Å². The van der Waals surface area contributed by atoms with Gasteiger partial charge in [-0.15, -0.1) is 0 Å². The first kappa shape index (κ1) is 27.2. The van der Waals surface area contributed by atoms with Gasteiger partial charge in [-0.25, -0.2) is 9.40 Å². The van der Waals surface area contributed by atoms with Gasteiger partial charge in [0, 0.05) is 17.4 Å². The van der Waals surface area contributed by atoms with E-state index in [1.54, 1.807) is 12.1 Å². The Bertz CT molecular complexity index is 1410. The molecule has 40 heavy (non-hydrogen) atoms.